The van der Waals surface area contributed by atoms with Gasteiger partial charge in [-0.15, -0.1) is 0 Å². The molecule has 17 heavy (non-hydrogen) atoms. The molecule has 0 saturated carbocycles. The van der Waals surface area contributed by atoms with Crippen LogP contribution < -0.4 is 5.73 Å². The molecule has 0 aliphatic heterocycles. The number of halogens is 2. The Hall–Kier alpha value is -1.26. The maximum Gasteiger partial charge on any atom is 0.137 e. The molecule has 0 amide bonds. The number of hydrogen-bond donors (Lipinski definition) is 1. The van der Waals surface area contributed by atoms with Gasteiger partial charge in [0.25, 0.3) is 0 Å². The van der Waals surface area contributed by atoms with Crippen LogP contribution in [0.4, 0.5) is 4.39 Å². The molecule has 1 heterocycles. The van der Waals surface area contributed by atoms with E-state index in [1.165, 1.54) is 6.07 Å². The summed E-state index contributed by atoms with van der Waals surface area (Å²) in [5.74, 6) is -0.293. The van der Waals surface area contributed by atoms with E-state index in [2.05, 4.69) is 20.9 Å². The Morgan fingerprint density at radius 3 is 2.76 bits per heavy atom. The Kier molecular flexibility index (Phi) is 3.86. The smallest absolute Gasteiger partial charge is 0.137 e. The molecule has 0 aliphatic rings. The van der Waals surface area contributed by atoms with E-state index < -0.39 is 0 Å². The third kappa shape index (κ3) is 3.11. The predicted molar refractivity (Wildman–Crippen MR) is 69.0 cm³/mol. The van der Waals surface area contributed by atoms with Crippen LogP contribution >= 0.6 is 15.9 Å². The molecule has 0 radical (unpaired) electrons. The summed E-state index contributed by atoms with van der Waals surface area (Å²) in [5.41, 5.74) is 7.70. The summed E-state index contributed by atoms with van der Waals surface area (Å²) in [5, 5.41) is 0. The number of nitrogens with zero attached hydrogens (tertiary/aromatic N) is 1. The second-order valence-corrected chi connectivity index (χ2v) is 4.66. The van der Waals surface area contributed by atoms with Gasteiger partial charge in [-0.1, -0.05) is 12.1 Å². The number of aromatic nitrogens is 1. The van der Waals surface area contributed by atoms with Crippen LogP contribution in [0.1, 0.15) is 17.3 Å². The minimum atomic E-state index is -0.293. The van der Waals surface area contributed by atoms with E-state index >= 15 is 0 Å². The second-order valence-electron chi connectivity index (χ2n) is 3.81. The first kappa shape index (κ1) is 12.2. The summed E-state index contributed by atoms with van der Waals surface area (Å²) >= 11 is 3.12. The molecule has 0 spiro atoms. The summed E-state index contributed by atoms with van der Waals surface area (Å²) in [6.45, 7) is 0. The Balaban J connectivity index is 2.14. The summed E-state index contributed by atoms with van der Waals surface area (Å²) in [4.78, 5) is 4.20. The fourth-order valence-electron chi connectivity index (χ4n) is 1.61. The van der Waals surface area contributed by atoms with Gasteiger partial charge in [-0.2, -0.15) is 0 Å². The van der Waals surface area contributed by atoms with Crippen molar-refractivity contribution in [3.05, 3.63) is 64.1 Å². The van der Waals surface area contributed by atoms with E-state index in [4.69, 9.17) is 5.73 Å². The van der Waals surface area contributed by atoms with Crippen LogP contribution in [0.3, 0.4) is 0 Å². The SMILES string of the molecule is NC(Cc1ccccn1)c1ccc(Br)c(F)c1. The van der Waals surface area contributed by atoms with Crippen LogP contribution in [0, 0.1) is 5.82 Å². The van der Waals surface area contributed by atoms with Crippen LogP contribution in [0.25, 0.3) is 0 Å². The first-order valence-corrected chi connectivity index (χ1v) is 6.06. The predicted octanol–water partition coefficient (Wildman–Crippen LogP) is 3.23. The van der Waals surface area contributed by atoms with Crippen molar-refractivity contribution >= 4 is 15.9 Å². The van der Waals surface area contributed by atoms with Crippen molar-refractivity contribution in [2.24, 2.45) is 5.73 Å². The first-order chi connectivity index (χ1) is 8.16. The lowest BCUT2D eigenvalue weighted by atomic mass is 10.0. The van der Waals surface area contributed by atoms with Crippen molar-refractivity contribution in [1.29, 1.82) is 0 Å². The lowest BCUT2D eigenvalue weighted by Gasteiger charge is -2.12. The molecule has 0 saturated heterocycles. The molecule has 2 aromatic rings. The van der Waals surface area contributed by atoms with Crippen molar-refractivity contribution in [3.63, 3.8) is 0 Å². The molecule has 88 valence electrons. The van der Waals surface area contributed by atoms with Crippen LogP contribution in [0.5, 0.6) is 0 Å². The number of rotatable bonds is 3. The lowest BCUT2D eigenvalue weighted by Crippen LogP contribution is -2.14. The van der Waals surface area contributed by atoms with Crippen molar-refractivity contribution in [2.45, 2.75) is 12.5 Å². The molecule has 2 rings (SSSR count). The first-order valence-electron chi connectivity index (χ1n) is 5.27. The highest BCUT2D eigenvalue weighted by atomic mass is 79.9. The Labute approximate surface area is 108 Å². The number of benzene rings is 1. The third-order valence-corrected chi connectivity index (χ3v) is 3.17. The van der Waals surface area contributed by atoms with Crippen molar-refractivity contribution in [3.8, 4) is 0 Å². The molecule has 1 atom stereocenters. The highest BCUT2D eigenvalue weighted by Gasteiger charge is 2.10. The van der Waals surface area contributed by atoms with Crippen molar-refractivity contribution < 1.29 is 4.39 Å². The number of pyridine rings is 1. The summed E-state index contributed by atoms with van der Waals surface area (Å²) in [6, 6.07) is 10.4. The summed E-state index contributed by atoms with van der Waals surface area (Å²) < 4.78 is 13.8. The van der Waals surface area contributed by atoms with E-state index in [0.717, 1.165) is 11.3 Å². The van der Waals surface area contributed by atoms with Gasteiger partial charge < -0.3 is 5.73 Å². The van der Waals surface area contributed by atoms with Gasteiger partial charge in [-0.05, 0) is 45.8 Å². The average Bonchev–Trinajstić information content (AvgIpc) is 2.34. The maximum atomic E-state index is 13.4. The topological polar surface area (TPSA) is 38.9 Å². The van der Waals surface area contributed by atoms with Gasteiger partial charge in [0.2, 0.25) is 0 Å². The molecule has 2 N–H and O–H groups in total. The number of nitrogens with two attached hydrogens (primary N) is 1. The quantitative estimate of drug-likeness (QED) is 0.944. The van der Waals surface area contributed by atoms with Crippen LogP contribution in [0.2, 0.25) is 0 Å². The monoisotopic (exact) mass is 294 g/mol. The van der Waals surface area contributed by atoms with Crippen LogP contribution in [-0.4, -0.2) is 4.98 Å². The molecule has 1 unspecified atom stereocenters. The van der Waals surface area contributed by atoms with E-state index in [1.807, 2.05) is 24.3 Å². The zero-order valence-corrected chi connectivity index (χ0v) is 10.7. The Morgan fingerprint density at radius 1 is 1.29 bits per heavy atom. The maximum absolute atomic E-state index is 13.4. The van der Waals surface area contributed by atoms with E-state index in [1.54, 1.807) is 12.3 Å². The van der Waals surface area contributed by atoms with Gasteiger partial charge in [0.05, 0.1) is 4.47 Å². The van der Waals surface area contributed by atoms with E-state index in [0.29, 0.717) is 10.9 Å². The Bertz CT molecular complexity index is 502. The average molecular weight is 295 g/mol. The van der Waals surface area contributed by atoms with Gasteiger partial charge in [0.15, 0.2) is 0 Å². The summed E-state index contributed by atoms with van der Waals surface area (Å²) in [7, 11) is 0. The third-order valence-electron chi connectivity index (χ3n) is 2.53. The fraction of sp³-hybridized carbons (Fsp3) is 0.154. The molecule has 1 aromatic heterocycles. The molecular formula is C13H12BrFN2. The fourth-order valence-corrected chi connectivity index (χ4v) is 1.85. The molecular weight excluding hydrogens is 283 g/mol. The second kappa shape index (κ2) is 5.38. The Morgan fingerprint density at radius 2 is 2.12 bits per heavy atom. The largest absolute Gasteiger partial charge is 0.324 e. The molecule has 0 fully saturated rings. The highest BCUT2D eigenvalue weighted by molar-refractivity contribution is 9.10. The zero-order valence-electron chi connectivity index (χ0n) is 9.11. The van der Waals surface area contributed by atoms with Crippen LogP contribution in [-0.2, 0) is 6.42 Å². The van der Waals surface area contributed by atoms with Gasteiger partial charge in [-0.3, -0.25) is 4.98 Å². The van der Waals surface area contributed by atoms with Crippen molar-refractivity contribution in [1.82, 2.24) is 4.98 Å². The van der Waals surface area contributed by atoms with Gasteiger partial charge in [-0.25, -0.2) is 4.39 Å². The number of hydrogen-bond acceptors (Lipinski definition) is 2. The molecule has 1 aromatic carbocycles. The van der Waals surface area contributed by atoms with Crippen molar-refractivity contribution in [2.75, 3.05) is 0 Å². The van der Waals surface area contributed by atoms with Gasteiger partial charge in [0.1, 0.15) is 5.82 Å². The van der Waals surface area contributed by atoms with Gasteiger partial charge >= 0.3 is 0 Å². The normalized spacial score (nSPS) is 12.4. The molecule has 0 aliphatic carbocycles. The molecule has 0 bridgehead atoms. The minimum Gasteiger partial charge on any atom is -0.324 e. The lowest BCUT2D eigenvalue weighted by molar-refractivity contribution is 0.611. The van der Waals surface area contributed by atoms with Gasteiger partial charge in [0, 0.05) is 24.4 Å². The standard InChI is InChI=1S/C13H12BrFN2/c14-11-5-4-9(7-12(11)15)13(16)8-10-3-1-2-6-17-10/h1-7,13H,8,16H2. The zero-order chi connectivity index (χ0) is 12.3. The molecule has 4 heteroatoms. The minimum absolute atomic E-state index is 0.243. The van der Waals surface area contributed by atoms with E-state index in [9.17, 15) is 4.39 Å². The highest BCUT2D eigenvalue weighted by Crippen LogP contribution is 2.21. The van der Waals surface area contributed by atoms with E-state index in [-0.39, 0.29) is 11.9 Å². The molecule has 2 nitrogen and oxygen atoms in total. The van der Waals surface area contributed by atoms with Crippen LogP contribution in [0.15, 0.2) is 47.1 Å². The summed E-state index contributed by atoms with van der Waals surface area (Å²) in [6.07, 6.45) is 2.33.